The summed E-state index contributed by atoms with van der Waals surface area (Å²) < 4.78 is 0. The Bertz CT molecular complexity index is 590. The van der Waals surface area contributed by atoms with Gasteiger partial charge in [0.2, 0.25) is 0 Å². The Morgan fingerprint density at radius 2 is 1.91 bits per heavy atom. The highest BCUT2D eigenvalue weighted by Gasteiger charge is 2.29. The summed E-state index contributed by atoms with van der Waals surface area (Å²) in [4.78, 5) is 27.9. The van der Waals surface area contributed by atoms with E-state index in [0.29, 0.717) is 26.2 Å². The van der Waals surface area contributed by atoms with Gasteiger partial charge in [0, 0.05) is 38.8 Å². The first-order chi connectivity index (χ1) is 11.2. The molecule has 6 heteroatoms. The third-order valence-corrected chi connectivity index (χ3v) is 4.55. The average Bonchev–Trinajstić information content (AvgIpc) is 3.03. The van der Waals surface area contributed by atoms with E-state index in [9.17, 15) is 9.59 Å². The summed E-state index contributed by atoms with van der Waals surface area (Å²) in [6.45, 7) is 5.22. The maximum absolute atomic E-state index is 12.5. The van der Waals surface area contributed by atoms with Crippen molar-refractivity contribution in [2.75, 3.05) is 26.2 Å². The lowest BCUT2D eigenvalue weighted by molar-refractivity contribution is 0.187. The third-order valence-electron chi connectivity index (χ3n) is 4.55. The molecule has 4 amide bonds. The number of hydrogen-bond donors (Lipinski definition) is 2. The molecule has 1 aromatic rings. The van der Waals surface area contributed by atoms with E-state index >= 15 is 0 Å². The number of carbonyl (C=O) groups excluding carboxylic acids is 2. The number of fused-ring (bicyclic) bond motifs is 1. The Balaban J connectivity index is 1.52. The Kier molecular flexibility index (Phi) is 4.69. The summed E-state index contributed by atoms with van der Waals surface area (Å²) in [5.41, 5.74) is 2.56. The molecule has 0 aromatic heterocycles. The van der Waals surface area contributed by atoms with Crippen LogP contribution >= 0.6 is 0 Å². The van der Waals surface area contributed by atoms with Gasteiger partial charge in [-0.25, -0.2) is 9.59 Å². The monoisotopic (exact) mass is 316 g/mol. The van der Waals surface area contributed by atoms with E-state index in [1.807, 2.05) is 24.0 Å². The van der Waals surface area contributed by atoms with Gasteiger partial charge in [0.05, 0.1) is 0 Å². The van der Waals surface area contributed by atoms with E-state index in [0.717, 1.165) is 19.4 Å². The molecule has 2 aliphatic heterocycles. The van der Waals surface area contributed by atoms with Crippen LogP contribution < -0.4 is 10.6 Å². The summed E-state index contributed by atoms with van der Waals surface area (Å²) >= 11 is 0. The van der Waals surface area contributed by atoms with Crippen LogP contribution in [-0.4, -0.2) is 54.1 Å². The smallest absolute Gasteiger partial charge is 0.317 e. The number of rotatable bonds is 2. The topological polar surface area (TPSA) is 64.7 Å². The number of likely N-dealkylation sites (tertiary alicyclic amines) is 1. The highest BCUT2D eigenvalue weighted by molar-refractivity contribution is 5.76. The molecular weight excluding hydrogens is 292 g/mol. The van der Waals surface area contributed by atoms with Crippen LogP contribution in [0.1, 0.15) is 24.5 Å². The fraction of sp³-hybridized carbons (Fsp3) is 0.529. The predicted molar refractivity (Wildman–Crippen MR) is 88.1 cm³/mol. The number of hydrogen-bond acceptors (Lipinski definition) is 2. The molecule has 3 rings (SSSR count). The Morgan fingerprint density at radius 1 is 1.13 bits per heavy atom. The van der Waals surface area contributed by atoms with Crippen LogP contribution in [0.3, 0.4) is 0 Å². The molecule has 0 saturated carbocycles. The second-order valence-electron chi connectivity index (χ2n) is 6.16. The van der Waals surface area contributed by atoms with E-state index in [-0.39, 0.29) is 18.1 Å². The molecule has 0 unspecified atom stereocenters. The van der Waals surface area contributed by atoms with Gasteiger partial charge < -0.3 is 20.4 Å². The van der Waals surface area contributed by atoms with Crippen molar-refractivity contribution in [3.05, 3.63) is 35.4 Å². The zero-order valence-electron chi connectivity index (χ0n) is 13.5. The fourth-order valence-electron chi connectivity index (χ4n) is 3.26. The third kappa shape index (κ3) is 3.57. The predicted octanol–water partition coefficient (Wildman–Crippen LogP) is 1.56. The number of nitrogens with one attached hydrogen (secondary N) is 2. The molecule has 0 spiro atoms. The van der Waals surface area contributed by atoms with Crippen molar-refractivity contribution in [2.24, 2.45) is 0 Å². The van der Waals surface area contributed by atoms with E-state index in [1.54, 1.807) is 4.90 Å². The van der Waals surface area contributed by atoms with E-state index in [2.05, 4.69) is 22.8 Å². The number of urea groups is 2. The molecule has 1 fully saturated rings. The molecule has 23 heavy (non-hydrogen) atoms. The van der Waals surface area contributed by atoms with Crippen molar-refractivity contribution in [1.82, 2.24) is 20.4 Å². The van der Waals surface area contributed by atoms with Gasteiger partial charge in [-0.2, -0.15) is 0 Å². The summed E-state index contributed by atoms with van der Waals surface area (Å²) in [6.07, 6.45) is 1.71. The standard InChI is InChI=1S/C17H24N4O2/c1-2-18-16(22)21-10-8-15(12-21)19-17(23)20-9-7-13-5-3-4-6-14(13)11-20/h3-6,15H,2,7-12H2,1H3,(H,18,22)(H,19,23)/t15-/m0/s1. The minimum Gasteiger partial charge on any atom is -0.338 e. The molecule has 2 N–H and O–H groups in total. The normalized spacial score (nSPS) is 20.1. The number of amides is 4. The van der Waals surface area contributed by atoms with Gasteiger partial charge in [0.25, 0.3) is 0 Å². The van der Waals surface area contributed by atoms with E-state index < -0.39 is 0 Å². The van der Waals surface area contributed by atoms with Crippen LogP contribution in [0, 0.1) is 0 Å². The molecule has 1 saturated heterocycles. The van der Waals surface area contributed by atoms with Crippen LogP contribution in [0.25, 0.3) is 0 Å². The molecule has 0 radical (unpaired) electrons. The summed E-state index contributed by atoms with van der Waals surface area (Å²) in [6, 6.07) is 8.25. The first kappa shape index (κ1) is 15.6. The quantitative estimate of drug-likeness (QED) is 0.869. The fourth-order valence-corrected chi connectivity index (χ4v) is 3.26. The van der Waals surface area contributed by atoms with Crippen LogP contribution in [0.15, 0.2) is 24.3 Å². The van der Waals surface area contributed by atoms with Crippen molar-refractivity contribution < 1.29 is 9.59 Å². The SMILES string of the molecule is CCNC(=O)N1CC[C@H](NC(=O)N2CCc3ccccc3C2)C1. The second kappa shape index (κ2) is 6.89. The van der Waals surface area contributed by atoms with E-state index in [4.69, 9.17) is 0 Å². The van der Waals surface area contributed by atoms with Gasteiger partial charge in [0.15, 0.2) is 0 Å². The highest BCUT2D eigenvalue weighted by Crippen LogP contribution is 2.19. The zero-order chi connectivity index (χ0) is 16.2. The maximum Gasteiger partial charge on any atom is 0.317 e. The Labute approximate surface area is 136 Å². The largest absolute Gasteiger partial charge is 0.338 e. The first-order valence-electron chi connectivity index (χ1n) is 8.32. The van der Waals surface area contributed by atoms with Crippen molar-refractivity contribution in [2.45, 2.75) is 32.4 Å². The molecule has 1 atom stereocenters. The van der Waals surface area contributed by atoms with Gasteiger partial charge >= 0.3 is 12.1 Å². The first-order valence-corrected chi connectivity index (χ1v) is 8.32. The molecule has 124 valence electrons. The van der Waals surface area contributed by atoms with Crippen LogP contribution in [0.5, 0.6) is 0 Å². The summed E-state index contributed by atoms with van der Waals surface area (Å²) in [7, 11) is 0. The second-order valence-corrected chi connectivity index (χ2v) is 6.16. The molecule has 0 aliphatic carbocycles. The molecule has 1 aromatic carbocycles. The van der Waals surface area contributed by atoms with Gasteiger partial charge in [0.1, 0.15) is 0 Å². The Morgan fingerprint density at radius 3 is 2.70 bits per heavy atom. The van der Waals surface area contributed by atoms with Crippen LogP contribution in [0.2, 0.25) is 0 Å². The minimum atomic E-state index is -0.0452. The van der Waals surface area contributed by atoms with Crippen LogP contribution in [0.4, 0.5) is 9.59 Å². The number of nitrogens with zero attached hydrogens (tertiary/aromatic N) is 2. The van der Waals surface area contributed by atoms with Gasteiger partial charge in [-0.3, -0.25) is 0 Å². The Hall–Kier alpha value is -2.24. The van der Waals surface area contributed by atoms with Crippen molar-refractivity contribution in [1.29, 1.82) is 0 Å². The lowest BCUT2D eigenvalue weighted by Gasteiger charge is -2.30. The van der Waals surface area contributed by atoms with Crippen molar-refractivity contribution in [3.8, 4) is 0 Å². The highest BCUT2D eigenvalue weighted by atomic mass is 16.2. The summed E-state index contributed by atoms with van der Waals surface area (Å²) in [5, 5.41) is 5.87. The maximum atomic E-state index is 12.5. The summed E-state index contributed by atoms with van der Waals surface area (Å²) in [5.74, 6) is 0. The van der Waals surface area contributed by atoms with Gasteiger partial charge in [-0.1, -0.05) is 24.3 Å². The molecule has 2 aliphatic rings. The molecule has 6 nitrogen and oxygen atoms in total. The van der Waals surface area contributed by atoms with E-state index in [1.165, 1.54) is 11.1 Å². The van der Waals surface area contributed by atoms with Crippen molar-refractivity contribution in [3.63, 3.8) is 0 Å². The van der Waals surface area contributed by atoms with Crippen molar-refractivity contribution >= 4 is 12.1 Å². The number of benzene rings is 1. The average molecular weight is 316 g/mol. The minimum absolute atomic E-state index is 0.0257. The molecule has 2 heterocycles. The van der Waals surface area contributed by atoms with Crippen LogP contribution in [-0.2, 0) is 13.0 Å². The molecule has 0 bridgehead atoms. The molecular formula is C17H24N4O2. The lowest BCUT2D eigenvalue weighted by atomic mass is 10.0. The van der Waals surface area contributed by atoms with Gasteiger partial charge in [-0.05, 0) is 30.9 Å². The zero-order valence-corrected chi connectivity index (χ0v) is 13.5. The lowest BCUT2D eigenvalue weighted by Crippen LogP contribution is -2.48. The number of carbonyl (C=O) groups is 2. The van der Waals surface area contributed by atoms with Gasteiger partial charge in [-0.15, -0.1) is 0 Å².